The first-order valence-electron chi connectivity index (χ1n) is 26.3. The van der Waals surface area contributed by atoms with Crippen molar-refractivity contribution < 1.29 is 42.5 Å². The molecule has 4 fully saturated rings. The minimum atomic E-state index is -0.775. The smallest absolute Gasteiger partial charge is 0.407 e. The van der Waals surface area contributed by atoms with Crippen LogP contribution in [0.25, 0.3) is 22.5 Å². The molecule has 75 heavy (non-hydrogen) atoms. The highest BCUT2D eigenvalue weighted by Crippen LogP contribution is 2.56. The highest BCUT2D eigenvalue weighted by atomic mass is 32.1. The Morgan fingerprint density at radius 1 is 0.840 bits per heavy atom. The molecule has 4 amide bonds. The third-order valence-corrected chi connectivity index (χ3v) is 17.5. The maximum absolute atomic E-state index is 17.1. The number of nitrogens with zero attached hydrogens (tertiary/aromatic N) is 6. The molecule has 1 saturated carbocycles. The SMILES string of the molecule is COC(=O)NC(C(=O)N1[C@@H]2C[C@@H]2C[C@H]1c1ncc(-c2ccc3c(c2)CC2c4c(F)cc(-c5cnc([C@@H]6CCCN6C(=O)[C@@H](NC(=O)OC)C(C)C)[nH]5)cc4OC(c4cnc(C(C)(C)C)s4)N32)[nH]1)C1C[C@@H](C)O[C@H](C)C1. The molecule has 4 N–H and O–H groups in total. The van der Waals surface area contributed by atoms with E-state index in [-0.39, 0.29) is 59.4 Å². The van der Waals surface area contributed by atoms with Crippen LogP contribution in [0.3, 0.4) is 0 Å². The molecule has 10 atom stereocenters. The summed E-state index contributed by atoms with van der Waals surface area (Å²) in [7, 11) is 2.58. The fourth-order valence-corrected chi connectivity index (χ4v) is 13.4. The van der Waals surface area contributed by atoms with E-state index in [9.17, 15) is 19.2 Å². The van der Waals surface area contributed by atoms with Crippen molar-refractivity contribution in [2.24, 2.45) is 17.8 Å². The van der Waals surface area contributed by atoms with Gasteiger partial charge in [-0.25, -0.2) is 28.9 Å². The van der Waals surface area contributed by atoms with Gasteiger partial charge in [0.2, 0.25) is 18.0 Å². The van der Waals surface area contributed by atoms with Crippen molar-refractivity contribution >= 4 is 41.0 Å². The van der Waals surface area contributed by atoms with Gasteiger partial charge in [-0.1, -0.05) is 40.7 Å². The minimum absolute atomic E-state index is 0.0482. The summed E-state index contributed by atoms with van der Waals surface area (Å²) in [4.78, 5) is 81.7. The molecule has 18 nitrogen and oxygen atoms in total. The van der Waals surface area contributed by atoms with Crippen molar-refractivity contribution in [3.05, 3.63) is 87.4 Å². The fraction of sp³-hybridized carbons (Fsp3) is 0.545. The molecule has 3 saturated heterocycles. The van der Waals surface area contributed by atoms with E-state index >= 15 is 4.39 Å². The summed E-state index contributed by atoms with van der Waals surface area (Å²) in [5.41, 5.74) is 5.03. The fourth-order valence-electron chi connectivity index (χ4n) is 12.4. The Balaban J connectivity index is 0.877. The second-order valence-corrected chi connectivity index (χ2v) is 23.8. The molecule has 0 radical (unpaired) electrons. The largest absolute Gasteiger partial charge is 0.465 e. The molecule has 0 spiro atoms. The third-order valence-electron chi connectivity index (χ3n) is 16.1. The lowest BCUT2D eigenvalue weighted by Gasteiger charge is -2.40. The summed E-state index contributed by atoms with van der Waals surface area (Å²) in [6, 6.07) is 7.14. The lowest BCUT2D eigenvalue weighted by atomic mass is 9.85. The average Bonchev–Trinajstić information content (AvgIpc) is 4.15. The number of halogens is 1. The number of aromatic nitrogens is 5. The Morgan fingerprint density at radius 2 is 1.53 bits per heavy atom. The summed E-state index contributed by atoms with van der Waals surface area (Å²) >= 11 is 1.59. The Morgan fingerprint density at radius 3 is 2.21 bits per heavy atom. The van der Waals surface area contributed by atoms with Crippen LogP contribution >= 0.6 is 11.3 Å². The van der Waals surface area contributed by atoms with Gasteiger partial charge in [0.25, 0.3) is 0 Å². The predicted molar refractivity (Wildman–Crippen MR) is 277 cm³/mol. The maximum Gasteiger partial charge on any atom is 0.407 e. The predicted octanol–water partition coefficient (Wildman–Crippen LogP) is 9.19. The summed E-state index contributed by atoms with van der Waals surface area (Å²) in [6.45, 7) is 14.6. The van der Waals surface area contributed by atoms with E-state index in [1.165, 1.54) is 20.3 Å². The zero-order valence-electron chi connectivity index (χ0n) is 43.9. The number of imidazole rings is 2. The number of methoxy groups -OCH3 is 2. The number of anilines is 1. The van der Waals surface area contributed by atoms with E-state index in [4.69, 9.17) is 33.9 Å². The van der Waals surface area contributed by atoms with Crippen LogP contribution in [0.4, 0.5) is 19.7 Å². The van der Waals surface area contributed by atoms with Crippen LogP contribution in [0, 0.1) is 23.6 Å². The van der Waals surface area contributed by atoms with Crippen LogP contribution in [0.5, 0.6) is 5.75 Å². The number of H-pyrrole nitrogens is 2. The van der Waals surface area contributed by atoms with E-state index in [1.54, 1.807) is 22.4 Å². The summed E-state index contributed by atoms with van der Waals surface area (Å²) in [5.74, 6) is 1.02. The lowest BCUT2D eigenvalue weighted by molar-refractivity contribution is -0.140. The number of benzene rings is 2. The van der Waals surface area contributed by atoms with Crippen molar-refractivity contribution in [2.75, 3.05) is 25.7 Å². The highest BCUT2D eigenvalue weighted by molar-refractivity contribution is 7.11. The van der Waals surface area contributed by atoms with Gasteiger partial charge in [-0.15, -0.1) is 11.3 Å². The quantitative estimate of drug-likeness (QED) is 0.0976. The molecule has 3 aromatic heterocycles. The molecule has 20 heteroatoms. The number of rotatable bonds is 11. The van der Waals surface area contributed by atoms with Gasteiger partial charge in [-0.3, -0.25) is 9.59 Å². The number of amides is 4. The number of nitrogens with one attached hydrogen (secondary N) is 4. The van der Waals surface area contributed by atoms with Gasteiger partial charge in [0.15, 0.2) is 0 Å². The first-order valence-corrected chi connectivity index (χ1v) is 27.2. The number of fused-ring (bicyclic) bond motifs is 6. The van der Waals surface area contributed by atoms with Crippen molar-refractivity contribution in [3.63, 3.8) is 0 Å². The van der Waals surface area contributed by atoms with Crippen molar-refractivity contribution in [1.29, 1.82) is 0 Å². The van der Waals surface area contributed by atoms with Crippen LogP contribution in [0.15, 0.2) is 48.9 Å². The summed E-state index contributed by atoms with van der Waals surface area (Å²) in [5, 5.41) is 6.56. The van der Waals surface area contributed by atoms with E-state index in [0.717, 1.165) is 51.7 Å². The Bertz CT molecular complexity index is 3010. The number of piperidine rings is 1. The van der Waals surface area contributed by atoms with Crippen LogP contribution in [-0.4, -0.2) is 110 Å². The third kappa shape index (κ3) is 9.39. The van der Waals surface area contributed by atoms with Crippen LogP contribution < -0.4 is 20.3 Å². The summed E-state index contributed by atoms with van der Waals surface area (Å²) in [6.07, 6.45) is 8.27. The number of hydrogen-bond donors (Lipinski definition) is 4. The van der Waals surface area contributed by atoms with E-state index in [2.05, 4.69) is 58.4 Å². The van der Waals surface area contributed by atoms with Crippen LogP contribution in [0.2, 0.25) is 0 Å². The molecular formula is C55H67FN10O8S. The molecule has 8 heterocycles. The molecular weight excluding hydrogens is 980 g/mol. The highest BCUT2D eigenvalue weighted by Gasteiger charge is 2.57. The molecule has 2 aromatic carbocycles. The van der Waals surface area contributed by atoms with Crippen LogP contribution in [-0.2, 0) is 35.6 Å². The van der Waals surface area contributed by atoms with Gasteiger partial charge in [0.1, 0.15) is 35.3 Å². The standard InChI is InChI=1S/C55H67FN10O8S/c1-26(2)45(62-53(69)71-8)49(67)64-14-10-11-38(64)47-57-24-36(61-47)30-18-34(56)44-40-20-31-17-29(12-13-37(31)66(40)51(74-42(44)22-30)43-25-59-52(75-43)55(5,6)7)35-23-58-48(60-35)41-21-32-19-39(32)65(41)50(68)46(63-54(70)72-9)33-15-27(3)73-28(4)16-33/h12-13,17-18,22-28,32-33,38-41,45-46,51H,10-11,14-16,19-21H2,1-9H3,(H,57,61)(H,58,60)(H,62,69)(H,63,70)/t27-,28-,32-,38+,39-,40?,41+,45+,46?,51?/m1/s1. The second-order valence-electron chi connectivity index (χ2n) is 22.7. The molecule has 5 aliphatic heterocycles. The number of carbonyl (C=O) groups is 4. The second kappa shape index (κ2) is 19.5. The Hall–Kier alpha value is -6.54. The summed E-state index contributed by atoms with van der Waals surface area (Å²) < 4.78 is 39.9. The number of hydrogen-bond acceptors (Lipinski definition) is 13. The Labute approximate surface area is 439 Å². The average molecular weight is 1050 g/mol. The number of aromatic amines is 2. The zero-order chi connectivity index (χ0) is 52.8. The van der Waals surface area contributed by atoms with E-state index < -0.39 is 42.4 Å². The number of alkyl carbamates (subject to hydrolysis) is 2. The molecule has 398 valence electrons. The molecule has 0 bridgehead atoms. The monoisotopic (exact) mass is 1050 g/mol. The van der Waals surface area contributed by atoms with Crippen molar-refractivity contribution in [3.8, 4) is 28.3 Å². The maximum atomic E-state index is 17.1. The molecule has 11 rings (SSSR count). The first kappa shape index (κ1) is 50.6. The minimum Gasteiger partial charge on any atom is -0.465 e. The van der Waals surface area contributed by atoms with Crippen molar-refractivity contribution in [1.82, 2.24) is 45.4 Å². The van der Waals surface area contributed by atoms with Gasteiger partial charge in [-0.05, 0) is 112 Å². The van der Waals surface area contributed by atoms with Gasteiger partial charge in [0.05, 0.1) is 83.8 Å². The number of likely N-dealkylation sites (tertiary alicyclic amines) is 2. The molecule has 1 aliphatic carbocycles. The van der Waals surface area contributed by atoms with Crippen molar-refractivity contribution in [2.45, 2.75) is 154 Å². The van der Waals surface area contributed by atoms with Gasteiger partial charge in [0, 0.05) is 35.4 Å². The zero-order valence-corrected chi connectivity index (χ0v) is 44.8. The Kier molecular flexibility index (Phi) is 13.2. The van der Waals surface area contributed by atoms with Gasteiger partial charge >= 0.3 is 12.2 Å². The van der Waals surface area contributed by atoms with E-state index in [0.29, 0.717) is 72.4 Å². The van der Waals surface area contributed by atoms with E-state index in [1.807, 2.05) is 57.1 Å². The number of ether oxygens (including phenoxy) is 4. The number of carbonyl (C=O) groups excluding carboxylic acids is 4. The lowest BCUT2D eigenvalue weighted by Crippen LogP contribution is -2.55. The molecule has 3 unspecified atom stereocenters. The van der Waals surface area contributed by atoms with Gasteiger partial charge in [-0.2, -0.15) is 0 Å². The van der Waals surface area contributed by atoms with Gasteiger partial charge < -0.3 is 54.2 Å². The number of thiazole rings is 1. The normalized spacial score (nSPS) is 26.4. The topological polar surface area (TPSA) is 209 Å². The molecule has 5 aromatic rings. The van der Waals surface area contributed by atoms with Crippen LogP contribution in [0.1, 0.15) is 144 Å². The molecule has 6 aliphatic rings. The first-order chi connectivity index (χ1) is 35.9.